The topological polar surface area (TPSA) is 41.9 Å². The zero-order chi connectivity index (χ0) is 19.1. The van der Waals surface area contributed by atoms with Gasteiger partial charge < -0.3 is 4.90 Å². The lowest BCUT2D eigenvalue weighted by Crippen LogP contribution is -2.39. The third-order valence-electron chi connectivity index (χ3n) is 6.55. The molecule has 3 aliphatic rings. The van der Waals surface area contributed by atoms with E-state index in [2.05, 4.69) is 9.88 Å². The first-order valence-electron chi connectivity index (χ1n) is 10.2. The van der Waals surface area contributed by atoms with Crippen molar-refractivity contribution < 1.29 is 0 Å². The molecule has 5 rings (SSSR count). The lowest BCUT2D eigenvalue weighted by atomic mass is 9.77. The van der Waals surface area contributed by atoms with E-state index in [0.29, 0.717) is 21.5 Å². The highest BCUT2D eigenvalue weighted by molar-refractivity contribution is 7.99. The number of anilines is 1. The smallest absolute Gasteiger partial charge is 0.148 e. The Morgan fingerprint density at radius 2 is 1.79 bits per heavy atom. The monoisotopic (exact) mass is 434 g/mol. The highest BCUT2D eigenvalue weighted by Crippen LogP contribution is 2.48. The Balaban J connectivity index is 1.37. The van der Waals surface area contributed by atoms with Crippen molar-refractivity contribution in [1.29, 1.82) is 0 Å². The molecule has 2 aromatic rings. The molecule has 4 nitrogen and oxygen atoms in total. The van der Waals surface area contributed by atoms with Gasteiger partial charge >= 0.3 is 0 Å². The maximum absolute atomic E-state index is 6.33. The second-order valence-corrected chi connectivity index (χ2v) is 10.2. The van der Waals surface area contributed by atoms with E-state index >= 15 is 0 Å². The Hall–Kier alpha value is -1.04. The minimum atomic E-state index is 0.332. The predicted octanol–water partition coefficient (Wildman–Crippen LogP) is 6.37. The molecule has 0 bridgehead atoms. The number of rotatable bonds is 4. The second-order valence-electron chi connectivity index (χ2n) is 8.40. The summed E-state index contributed by atoms with van der Waals surface area (Å²) >= 11 is 14.0. The van der Waals surface area contributed by atoms with E-state index in [1.807, 2.05) is 12.3 Å². The molecule has 0 amide bonds. The van der Waals surface area contributed by atoms with E-state index in [1.54, 1.807) is 18.0 Å². The van der Waals surface area contributed by atoms with Crippen LogP contribution in [-0.4, -0.2) is 28.0 Å². The molecule has 7 heteroatoms. The quantitative estimate of drug-likeness (QED) is 0.522. The SMILES string of the molecule is Clc1nccc(Sc2ncc(N3CCC4(CCCC4)CC3)nc2C2CC2)c1Cl. The zero-order valence-corrected chi connectivity index (χ0v) is 18.2. The maximum Gasteiger partial charge on any atom is 0.148 e. The molecular formula is C21H24Cl2N4S. The van der Waals surface area contributed by atoms with Gasteiger partial charge in [-0.3, -0.25) is 0 Å². The summed E-state index contributed by atoms with van der Waals surface area (Å²) in [6.07, 6.45) is 14.3. The summed E-state index contributed by atoms with van der Waals surface area (Å²) in [6, 6.07) is 1.89. The van der Waals surface area contributed by atoms with E-state index < -0.39 is 0 Å². The highest BCUT2D eigenvalue weighted by Gasteiger charge is 2.37. The van der Waals surface area contributed by atoms with Gasteiger partial charge in [0, 0.05) is 30.1 Å². The number of pyridine rings is 1. The molecule has 3 heterocycles. The van der Waals surface area contributed by atoms with Gasteiger partial charge in [0.05, 0.1) is 16.9 Å². The molecule has 28 heavy (non-hydrogen) atoms. The maximum atomic E-state index is 6.33. The van der Waals surface area contributed by atoms with Crippen LogP contribution in [0.25, 0.3) is 0 Å². The fraction of sp³-hybridized carbons (Fsp3) is 0.571. The predicted molar refractivity (Wildman–Crippen MR) is 115 cm³/mol. The summed E-state index contributed by atoms with van der Waals surface area (Å²) in [4.78, 5) is 17.2. The largest absolute Gasteiger partial charge is 0.355 e. The van der Waals surface area contributed by atoms with Gasteiger partial charge in [-0.05, 0) is 50.0 Å². The molecule has 1 spiro atoms. The van der Waals surface area contributed by atoms with Crippen molar-refractivity contribution in [2.24, 2.45) is 5.41 Å². The van der Waals surface area contributed by atoms with Crippen LogP contribution in [-0.2, 0) is 0 Å². The van der Waals surface area contributed by atoms with Crippen molar-refractivity contribution in [2.75, 3.05) is 18.0 Å². The molecule has 1 saturated heterocycles. The third kappa shape index (κ3) is 3.73. The van der Waals surface area contributed by atoms with E-state index in [9.17, 15) is 0 Å². The van der Waals surface area contributed by atoms with E-state index in [0.717, 1.165) is 34.5 Å². The third-order valence-corrected chi connectivity index (χ3v) is 8.49. The Morgan fingerprint density at radius 3 is 2.50 bits per heavy atom. The summed E-state index contributed by atoms with van der Waals surface area (Å²) in [5, 5.41) is 1.76. The van der Waals surface area contributed by atoms with Gasteiger partial charge in [0.2, 0.25) is 0 Å². The van der Waals surface area contributed by atoms with Crippen LogP contribution < -0.4 is 4.90 Å². The molecule has 0 unspecified atom stereocenters. The van der Waals surface area contributed by atoms with Crippen molar-refractivity contribution in [3.63, 3.8) is 0 Å². The van der Waals surface area contributed by atoms with Crippen LogP contribution in [0, 0.1) is 5.41 Å². The summed E-state index contributed by atoms with van der Waals surface area (Å²) in [6.45, 7) is 2.22. The van der Waals surface area contributed by atoms with Gasteiger partial charge in [-0.15, -0.1) is 0 Å². The molecular weight excluding hydrogens is 411 g/mol. The van der Waals surface area contributed by atoms with Crippen LogP contribution in [0.5, 0.6) is 0 Å². The van der Waals surface area contributed by atoms with E-state index in [-0.39, 0.29) is 0 Å². The fourth-order valence-electron chi connectivity index (χ4n) is 4.66. The number of hydrogen-bond acceptors (Lipinski definition) is 5. The van der Waals surface area contributed by atoms with Crippen LogP contribution in [0.2, 0.25) is 10.2 Å². The van der Waals surface area contributed by atoms with E-state index in [4.69, 9.17) is 33.2 Å². The summed E-state index contributed by atoms with van der Waals surface area (Å²) in [5.74, 6) is 1.56. The molecule has 2 aliphatic carbocycles. The lowest BCUT2D eigenvalue weighted by molar-refractivity contribution is 0.226. The molecule has 0 aromatic carbocycles. The molecule has 148 valence electrons. The summed E-state index contributed by atoms with van der Waals surface area (Å²) in [5.41, 5.74) is 1.74. The van der Waals surface area contributed by atoms with Crippen molar-refractivity contribution in [3.8, 4) is 0 Å². The first-order valence-corrected chi connectivity index (χ1v) is 11.8. The minimum Gasteiger partial charge on any atom is -0.355 e. The number of nitrogens with zero attached hydrogens (tertiary/aromatic N) is 4. The molecule has 2 saturated carbocycles. The van der Waals surface area contributed by atoms with Gasteiger partial charge in [0.1, 0.15) is 16.0 Å². The van der Waals surface area contributed by atoms with Gasteiger partial charge in [-0.2, -0.15) is 0 Å². The second kappa shape index (κ2) is 7.66. The van der Waals surface area contributed by atoms with Crippen LogP contribution in [0.3, 0.4) is 0 Å². The highest BCUT2D eigenvalue weighted by atomic mass is 35.5. The lowest BCUT2D eigenvalue weighted by Gasteiger charge is -2.40. The molecule has 1 aliphatic heterocycles. The van der Waals surface area contributed by atoms with Crippen LogP contribution in [0.4, 0.5) is 5.82 Å². The Kier molecular flexibility index (Phi) is 5.18. The summed E-state index contributed by atoms with van der Waals surface area (Å²) in [7, 11) is 0. The van der Waals surface area contributed by atoms with Crippen LogP contribution in [0.15, 0.2) is 28.4 Å². The number of piperidine rings is 1. The zero-order valence-electron chi connectivity index (χ0n) is 15.8. The average molecular weight is 435 g/mol. The number of hydrogen-bond donors (Lipinski definition) is 0. The Bertz CT molecular complexity index is 871. The van der Waals surface area contributed by atoms with Crippen molar-refractivity contribution in [3.05, 3.63) is 34.3 Å². The molecule has 0 radical (unpaired) electrons. The van der Waals surface area contributed by atoms with Crippen LogP contribution >= 0.6 is 35.0 Å². The van der Waals surface area contributed by atoms with Crippen molar-refractivity contribution in [2.45, 2.75) is 67.2 Å². The normalized spacial score (nSPS) is 21.4. The minimum absolute atomic E-state index is 0.332. The first-order chi connectivity index (χ1) is 13.6. The molecule has 0 N–H and O–H groups in total. The van der Waals surface area contributed by atoms with Gasteiger partial charge in [0.25, 0.3) is 0 Å². The Morgan fingerprint density at radius 1 is 1.04 bits per heavy atom. The summed E-state index contributed by atoms with van der Waals surface area (Å²) < 4.78 is 0. The van der Waals surface area contributed by atoms with Gasteiger partial charge in [0.15, 0.2) is 0 Å². The van der Waals surface area contributed by atoms with Crippen molar-refractivity contribution >= 4 is 40.8 Å². The fourth-order valence-corrected chi connectivity index (χ4v) is 6.04. The standard InChI is InChI=1S/C21H24Cl2N4S/c22-17-15(5-10-24-19(17)23)28-20-18(14-3-4-14)26-16(13-25-20)27-11-8-21(9-12-27)6-1-2-7-21/h5,10,13-14H,1-4,6-9,11-12H2. The Labute approximate surface area is 180 Å². The molecule has 0 atom stereocenters. The number of aromatic nitrogens is 3. The van der Waals surface area contributed by atoms with Crippen molar-refractivity contribution in [1.82, 2.24) is 15.0 Å². The van der Waals surface area contributed by atoms with Gasteiger partial charge in [-0.1, -0.05) is 47.8 Å². The average Bonchev–Trinajstić information content (AvgIpc) is 3.47. The first kappa shape index (κ1) is 19.0. The number of halogens is 2. The molecule has 2 aromatic heterocycles. The molecule has 3 fully saturated rings. The van der Waals surface area contributed by atoms with Crippen LogP contribution in [0.1, 0.15) is 63.0 Å². The van der Waals surface area contributed by atoms with E-state index in [1.165, 1.54) is 51.4 Å². The van der Waals surface area contributed by atoms with Gasteiger partial charge in [-0.25, -0.2) is 15.0 Å².